The van der Waals surface area contributed by atoms with Crippen molar-refractivity contribution in [2.24, 2.45) is 5.73 Å². The lowest BCUT2D eigenvalue weighted by atomic mass is 10.2. The standard InChI is InChI=1S/C11H12N4O/c12-11(4-5-11)10(16)14-8-2-1-3-9-7(8)6-13-15-9/h1-3,6H,4-5,12H2,(H,13,15)(H,14,16). The minimum atomic E-state index is -0.647. The second kappa shape index (κ2) is 3.05. The third-order valence-electron chi connectivity index (χ3n) is 2.97. The number of hydrogen-bond acceptors (Lipinski definition) is 3. The van der Waals surface area contributed by atoms with Crippen LogP contribution in [0.3, 0.4) is 0 Å². The maximum absolute atomic E-state index is 11.8. The highest BCUT2D eigenvalue weighted by atomic mass is 16.2. The molecule has 0 spiro atoms. The van der Waals surface area contributed by atoms with Crippen LogP contribution in [-0.2, 0) is 4.79 Å². The van der Waals surface area contributed by atoms with Crippen molar-refractivity contribution in [1.82, 2.24) is 10.2 Å². The maximum atomic E-state index is 11.8. The lowest BCUT2D eigenvalue weighted by molar-refractivity contribution is -0.118. The zero-order valence-corrected chi connectivity index (χ0v) is 8.66. The molecule has 0 radical (unpaired) electrons. The fourth-order valence-electron chi connectivity index (χ4n) is 1.69. The molecule has 16 heavy (non-hydrogen) atoms. The molecule has 1 fully saturated rings. The number of carbonyl (C=O) groups is 1. The largest absolute Gasteiger partial charge is 0.324 e. The number of anilines is 1. The summed E-state index contributed by atoms with van der Waals surface area (Å²) in [5.41, 5.74) is 6.83. The summed E-state index contributed by atoms with van der Waals surface area (Å²) in [5, 5.41) is 10.5. The van der Waals surface area contributed by atoms with Gasteiger partial charge in [0.25, 0.3) is 0 Å². The van der Waals surface area contributed by atoms with E-state index in [0.717, 1.165) is 29.4 Å². The zero-order chi connectivity index (χ0) is 11.2. The van der Waals surface area contributed by atoms with Crippen molar-refractivity contribution in [2.45, 2.75) is 18.4 Å². The molecular weight excluding hydrogens is 204 g/mol. The first-order valence-corrected chi connectivity index (χ1v) is 5.21. The molecule has 82 valence electrons. The van der Waals surface area contributed by atoms with Gasteiger partial charge in [-0.3, -0.25) is 9.89 Å². The fourth-order valence-corrected chi connectivity index (χ4v) is 1.69. The van der Waals surface area contributed by atoms with E-state index >= 15 is 0 Å². The molecule has 1 heterocycles. The van der Waals surface area contributed by atoms with Gasteiger partial charge < -0.3 is 11.1 Å². The number of aromatic amines is 1. The molecule has 5 nitrogen and oxygen atoms in total. The fraction of sp³-hybridized carbons (Fsp3) is 0.273. The predicted octanol–water partition coefficient (Wildman–Crippen LogP) is 0.993. The number of amides is 1. The van der Waals surface area contributed by atoms with Crippen LogP contribution in [-0.4, -0.2) is 21.6 Å². The summed E-state index contributed by atoms with van der Waals surface area (Å²) in [4.78, 5) is 11.8. The average molecular weight is 216 g/mol. The first kappa shape index (κ1) is 9.35. The number of fused-ring (bicyclic) bond motifs is 1. The lowest BCUT2D eigenvalue weighted by Crippen LogP contribution is -2.37. The van der Waals surface area contributed by atoms with Crippen LogP contribution < -0.4 is 11.1 Å². The van der Waals surface area contributed by atoms with Crippen LogP contribution in [0, 0.1) is 0 Å². The molecule has 0 aliphatic heterocycles. The van der Waals surface area contributed by atoms with Gasteiger partial charge in [0, 0.05) is 5.39 Å². The van der Waals surface area contributed by atoms with Crippen LogP contribution in [0.1, 0.15) is 12.8 Å². The van der Waals surface area contributed by atoms with E-state index in [4.69, 9.17) is 5.73 Å². The summed E-state index contributed by atoms with van der Waals surface area (Å²) < 4.78 is 0. The first-order valence-electron chi connectivity index (χ1n) is 5.21. The zero-order valence-electron chi connectivity index (χ0n) is 8.66. The minimum Gasteiger partial charge on any atom is -0.324 e. The number of carbonyl (C=O) groups excluding carboxylic acids is 1. The molecule has 3 rings (SSSR count). The molecule has 0 saturated heterocycles. The lowest BCUT2D eigenvalue weighted by Gasteiger charge is -2.10. The highest BCUT2D eigenvalue weighted by Crippen LogP contribution is 2.34. The van der Waals surface area contributed by atoms with Crippen molar-refractivity contribution in [3.05, 3.63) is 24.4 Å². The number of nitrogens with one attached hydrogen (secondary N) is 2. The molecule has 0 unspecified atom stereocenters. The van der Waals surface area contributed by atoms with E-state index < -0.39 is 5.54 Å². The first-order chi connectivity index (χ1) is 7.69. The van der Waals surface area contributed by atoms with Crippen molar-refractivity contribution < 1.29 is 4.79 Å². The van der Waals surface area contributed by atoms with E-state index in [9.17, 15) is 4.79 Å². The molecule has 4 N–H and O–H groups in total. The Morgan fingerprint density at radius 1 is 1.50 bits per heavy atom. The number of benzene rings is 1. The Morgan fingerprint density at radius 2 is 2.31 bits per heavy atom. The van der Waals surface area contributed by atoms with Gasteiger partial charge in [-0.15, -0.1) is 0 Å². The maximum Gasteiger partial charge on any atom is 0.244 e. The number of hydrogen-bond donors (Lipinski definition) is 3. The van der Waals surface area contributed by atoms with E-state index in [2.05, 4.69) is 15.5 Å². The molecule has 1 aromatic carbocycles. The second-order valence-electron chi connectivity index (χ2n) is 4.25. The quantitative estimate of drug-likeness (QED) is 0.700. The normalized spacial score (nSPS) is 17.3. The van der Waals surface area contributed by atoms with Gasteiger partial charge in [-0.1, -0.05) is 6.07 Å². The third-order valence-corrected chi connectivity index (χ3v) is 2.97. The van der Waals surface area contributed by atoms with E-state index in [1.54, 1.807) is 6.20 Å². The summed E-state index contributed by atoms with van der Waals surface area (Å²) in [6.45, 7) is 0. The summed E-state index contributed by atoms with van der Waals surface area (Å²) >= 11 is 0. The number of H-pyrrole nitrogens is 1. The van der Waals surface area contributed by atoms with Crippen LogP contribution in [0.4, 0.5) is 5.69 Å². The van der Waals surface area contributed by atoms with Gasteiger partial charge in [-0.25, -0.2) is 0 Å². The minimum absolute atomic E-state index is 0.110. The monoisotopic (exact) mass is 216 g/mol. The third kappa shape index (κ3) is 1.37. The molecule has 0 bridgehead atoms. The topological polar surface area (TPSA) is 83.8 Å². The second-order valence-corrected chi connectivity index (χ2v) is 4.25. The number of rotatable bonds is 2. The van der Waals surface area contributed by atoms with Crippen molar-refractivity contribution in [3.8, 4) is 0 Å². The summed E-state index contributed by atoms with van der Waals surface area (Å²) in [5.74, 6) is -0.110. The van der Waals surface area contributed by atoms with Crippen LogP contribution in [0.25, 0.3) is 10.9 Å². The Kier molecular flexibility index (Phi) is 1.79. The predicted molar refractivity (Wildman–Crippen MR) is 60.9 cm³/mol. The molecule has 0 atom stereocenters. The Bertz CT molecular complexity index is 556. The van der Waals surface area contributed by atoms with Crippen LogP contribution in [0.15, 0.2) is 24.4 Å². The van der Waals surface area contributed by atoms with E-state index in [1.165, 1.54) is 0 Å². The van der Waals surface area contributed by atoms with E-state index in [0.29, 0.717) is 0 Å². The molecule has 2 aromatic rings. The van der Waals surface area contributed by atoms with E-state index in [-0.39, 0.29) is 5.91 Å². The molecule has 1 aliphatic carbocycles. The van der Waals surface area contributed by atoms with Gasteiger partial charge in [-0.2, -0.15) is 5.10 Å². The van der Waals surface area contributed by atoms with Gasteiger partial charge in [0.2, 0.25) is 5.91 Å². The van der Waals surface area contributed by atoms with Crippen molar-refractivity contribution in [3.63, 3.8) is 0 Å². The average Bonchev–Trinajstić information content (AvgIpc) is 2.85. The molecular formula is C11H12N4O. The number of nitrogens with two attached hydrogens (primary N) is 1. The van der Waals surface area contributed by atoms with E-state index in [1.807, 2.05) is 18.2 Å². The van der Waals surface area contributed by atoms with Gasteiger partial charge in [-0.05, 0) is 25.0 Å². The van der Waals surface area contributed by atoms with Crippen LogP contribution in [0.5, 0.6) is 0 Å². The Labute approximate surface area is 92.0 Å². The summed E-state index contributed by atoms with van der Waals surface area (Å²) in [6, 6.07) is 5.63. The molecule has 1 aromatic heterocycles. The summed E-state index contributed by atoms with van der Waals surface area (Å²) in [6.07, 6.45) is 3.22. The molecule has 5 heteroatoms. The van der Waals surface area contributed by atoms with Gasteiger partial charge in [0.1, 0.15) is 0 Å². The van der Waals surface area contributed by atoms with Gasteiger partial charge in [0.15, 0.2) is 0 Å². The van der Waals surface area contributed by atoms with Gasteiger partial charge >= 0.3 is 0 Å². The van der Waals surface area contributed by atoms with Crippen LogP contribution in [0.2, 0.25) is 0 Å². The highest BCUT2D eigenvalue weighted by molar-refractivity contribution is 6.05. The smallest absolute Gasteiger partial charge is 0.244 e. The summed E-state index contributed by atoms with van der Waals surface area (Å²) in [7, 11) is 0. The van der Waals surface area contributed by atoms with Crippen LogP contribution >= 0.6 is 0 Å². The Hall–Kier alpha value is -1.88. The number of nitrogens with zero attached hydrogens (tertiary/aromatic N) is 1. The Balaban J connectivity index is 1.94. The van der Waals surface area contributed by atoms with Gasteiger partial charge in [0.05, 0.1) is 22.9 Å². The highest BCUT2D eigenvalue weighted by Gasteiger charge is 2.46. The molecule has 1 saturated carbocycles. The Morgan fingerprint density at radius 3 is 3.06 bits per heavy atom. The van der Waals surface area contributed by atoms with Crippen molar-refractivity contribution in [2.75, 3.05) is 5.32 Å². The SMILES string of the molecule is NC1(C(=O)Nc2cccc3[nH]ncc23)CC1. The molecule has 1 aliphatic rings. The van der Waals surface area contributed by atoms with Crippen molar-refractivity contribution in [1.29, 1.82) is 0 Å². The number of aromatic nitrogens is 2. The molecule has 1 amide bonds. The van der Waals surface area contributed by atoms with Crippen molar-refractivity contribution >= 4 is 22.5 Å².